The molecule has 90 valence electrons. The maximum atomic E-state index is 5.87. The van der Waals surface area contributed by atoms with Crippen LogP contribution in [0.1, 0.15) is 5.56 Å². The number of methoxy groups -OCH3 is 1. The van der Waals surface area contributed by atoms with Crippen molar-refractivity contribution in [1.82, 2.24) is 5.32 Å². The molecule has 1 heterocycles. The second kappa shape index (κ2) is 5.63. The van der Waals surface area contributed by atoms with E-state index in [1.54, 1.807) is 25.1 Å². The highest BCUT2D eigenvalue weighted by atomic mass is 35.5. The van der Waals surface area contributed by atoms with Crippen LogP contribution in [0.3, 0.4) is 0 Å². The average molecular weight is 268 g/mol. The van der Waals surface area contributed by atoms with Gasteiger partial charge in [-0.3, -0.25) is 0 Å². The summed E-state index contributed by atoms with van der Waals surface area (Å²) >= 11 is 7.54. The highest BCUT2D eigenvalue weighted by molar-refractivity contribution is 7.99. The summed E-state index contributed by atoms with van der Waals surface area (Å²) in [7, 11) is 1.68. The number of benzene rings is 1. The number of thioether (sulfide) groups is 1. The van der Waals surface area contributed by atoms with Crippen molar-refractivity contribution in [2.45, 2.75) is 10.8 Å². The Morgan fingerprint density at radius 1 is 1.35 bits per heavy atom. The third kappa shape index (κ3) is 3.28. The van der Waals surface area contributed by atoms with Crippen LogP contribution in [0.25, 0.3) is 0 Å². The van der Waals surface area contributed by atoms with Gasteiger partial charge in [-0.15, -0.1) is 0 Å². The minimum atomic E-state index is -0.520. The number of nitrogens with one attached hydrogen (secondary N) is 1. The van der Waals surface area contributed by atoms with Gasteiger partial charge in [-0.25, -0.2) is 0 Å². The van der Waals surface area contributed by atoms with Crippen LogP contribution >= 0.6 is 23.4 Å². The molecule has 0 aromatic heterocycles. The molecule has 0 bridgehead atoms. The summed E-state index contributed by atoms with van der Waals surface area (Å²) in [5, 5.41) is 3.32. The summed E-state index contributed by atoms with van der Waals surface area (Å²) in [5.74, 6) is 0.872. The Hall–Kier alpha value is -0.900. The Balaban J connectivity index is 2.00. The molecule has 1 aliphatic rings. The van der Waals surface area contributed by atoms with Crippen molar-refractivity contribution in [3.8, 4) is 0 Å². The van der Waals surface area contributed by atoms with Crippen molar-refractivity contribution in [3.63, 3.8) is 0 Å². The third-order valence-corrected chi connectivity index (χ3v) is 4.03. The summed E-state index contributed by atoms with van der Waals surface area (Å²) in [6.45, 7) is 0. The predicted molar refractivity (Wildman–Crippen MR) is 73.7 cm³/mol. The minimum Gasteiger partial charge on any atom is -0.350 e. The first kappa shape index (κ1) is 12.6. The summed E-state index contributed by atoms with van der Waals surface area (Å²) in [6.07, 6.45) is 5.53. The first-order chi connectivity index (χ1) is 8.24. The molecule has 2 rings (SSSR count). The molecule has 0 amide bonds. The van der Waals surface area contributed by atoms with E-state index in [0.29, 0.717) is 5.03 Å². The second-order valence-corrected chi connectivity index (χ2v) is 5.27. The second-order valence-electron chi connectivity index (χ2n) is 3.65. The van der Waals surface area contributed by atoms with Crippen LogP contribution in [0, 0.1) is 0 Å². The van der Waals surface area contributed by atoms with E-state index in [1.165, 1.54) is 5.56 Å². The average Bonchev–Trinajstić information content (AvgIpc) is 2.40. The van der Waals surface area contributed by atoms with E-state index in [-0.39, 0.29) is 0 Å². The summed E-state index contributed by atoms with van der Waals surface area (Å²) < 4.78 is 5.51. The van der Waals surface area contributed by atoms with E-state index in [0.717, 1.165) is 5.75 Å². The molecule has 1 unspecified atom stereocenters. The van der Waals surface area contributed by atoms with Gasteiger partial charge < -0.3 is 10.1 Å². The number of ether oxygens (including phenoxy) is 1. The van der Waals surface area contributed by atoms with E-state index in [2.05, 4.69) is 17.4 Å². The molecule has 1 N–H and O–H groups in total. The molecule has 0 radical (unpaired) electrons. The molecule has 0 saturated heterocycles. The molecule has 0 aliphatic carbocycles. The van der Waals surface area contributed by atoms with Crippen LogP contribution in [0.15, 0.2) is 53.7 Å². The number of dihydropyridines is 1. The zero-order valence-corrected chi connectivity index (χ0v) is 11.1. The molecule has 1 aromatic carbocycles. The molecule has 17 heavy (non-hydrogen) atoms. The summed E-state index contributed by atoms with van der Waals surface area (Å²) in [6, 6.07) is 10.3. The zero-order chi connectivity index (χ0) is 12.1. The van der Waals surface area contributed by atoms with Gasteiger partial charge in [0, 0.05) is 19.1 Å². The standard InChI is InChI=1S/C13H14ClNOS/c1-16-13(8-7-12(14)9-15-13)17-10-11-5-3-2-4-6-11/h2-9,15H,10H2,1H3. The van der Waals surface area contributed by atoms with Crippen LogP contribution in [0.5, 0.6) is 0 Å². The largest absolute Gasteiger partial charge is 0.350 e. The van der Waals surface area contributed by atoms with Crippen molar-refractivity contribution in [1.29, 1.82) is 0 Å². The molecule has 1 aromatic rings. The normalized spacial score (nSPS) is 23.1. The monoisotopic (exact) mass is 267 g/mol. The van der Waals surface area contributed by atoms with Crippen LogP contribution in [0.4, 0.5) is 0 Å². The van der Waals surface area contributed by atoms with E-state index in [9.17, 15) is 0 Å². The van der Waals surface area contributed by atoms with Gasteiger partial charge >= 0.3 is 0 Å². The van der Waals surface area contributed by atoms with Gasteiger partial charge in [0.1, 0.15) is 0 Å². The van der Waals surface area contributed by atoms with E-state index >= 15 is 0 Å². The molecule has 4 heteroatoms. The fraction of sp³-hybridized carbons (Fsp3) is 0.231. The van der Waals surface area contributed by atoms with Crippen molar-refractivity contribution in [2.75, 3.05) is 7.11 Å². The van der Waals surface area contributed by atoms with Crippen LogP contribution in [0.2, 0.25) is 0 Å². The smallest absolute Gasteiger partial charge is 0.207 e. The number of halogens is 1. The van der Waals surface area contributed by atoms with Crippen molar-refractivity contribution >= 4 is 23.4 Å². The van der Waals surface area contributed by atoms with E-state index in [4.69, 9.17) is 16.3 Å². The van der Waals surface area contributed by atoms with E-state index < -0.39 is 5.06 Å². The first-order valence-corrected chi connectivity index (χ1v) is 6.66. The fourth-order valence-corrected chi connectivity index (χ4v) is 2.61. The molecule has 0 spiro atoms. The topological polar surface area (TPSA) is 21.3 Å². The van der Waals surface area contributed by atoms with Gasteiger partial charge in [-0.1, -0.05) is 53.7 Å². The number of hydrogen-bond acceptors (Lipinski definition) is 3. The number of rotatable bonds is 4. The van der Waals surface area contributed by atoms with Gasteiger partial charge in [0.25, 0.3) is 0 Å². The highest BCUT2D eigenvalue weighted by Gasteiger charge is 2.27. The fourth-order valence-electron chi connectivity index (χ4n) is 1.50. The molecule has 1 atom stereocenters. The molecule has 2 nitrogen and oxygen atoms in total. The van der Waals surface area contributed by atoms with E-state index in [1.807, 2.05) is 30.4 Å². The van der Waals surface area contributed by atoms with Crippen molar-refractivity contribution < 1.29 is 4.74 Å². The van der Waals surface area contributed by atoms with Gasteiger partial charge in [-0.2, -0.15) is 0 Å². The summed E-state index contributed by atoms with van der Waals surface area (Å²) in [5.41, 5.74) is 1.27. The van der Waals surface area contributed by atoms with Gasteiger partial charge in [0.05, 0.1) is 5.03 Å². The lowest BCUT2D eigenvalue weighted by molar-refractivity contribution is 0.0929. The third-order valence-electron chi connectivity index (χ3n) is 2.47. The predicted octanol–water partition coefficient (Wildman–Crippen LogP) is 3.46. The highest BCUT2D eigenvalue weighted by Crippen LogP contribution is 2.31. The lowest BCUT2D eigenvalue weighted by Crippen LogP contribution is -2.40. The Labute approximate surface area is 111 Å². The summed E-state index contributed by atoms with van der Waals surface area (Å²) in [4.78, 5) is 0. The van der Waals surface area contributed by atoms with Gasteiger partial charge in [-0.05, 0) is 17.7 Å². The van der Waals surface area contributed by atoms with Crippen LogP contribution in [-0.2, 0) is 10.5 Å². The Bertz CT molecular complexity index is 432. The molecule has 0 saturated carbocycles. The Morgan fingerprint density at radius 3 is 2.71 bits per heavy atom. The number of allylic oxidation sites excluding steroid dienone is 2. The lowest BCUT2D eigenvalue weighted by atomic mass is 10.2. The first-order valence-electron chi connectivity index (χ1n) is 5.30. The van der Waals surface area contributed by atoms with Crippen molar-refractivity contribution in [3.05, 3.63) is 59.3 Å². The maximum absolute atomic E-state index is 5.87. The molecular weight excluding hydrogens is 254 g/mol. The maximum Gasteiger partial charge on any atom is 0.207 e. The Morgan fingerprint density at radius 2 is 2.12 bits per heavy atom. The minimum absolute atomic E-state index is 0.520. The SMILES string of the molecule is COC1(SCc2ccccc2)C=CC(Cl)=CN1. The zero-order valence-electron chi connectivity index (χ0n) is 9.52. The lowest BCUT2D eigenvalue weighted by Gasteiger charge is -2.31. The Kier molecular flexibility index (Phi) is 4.15. The quantitative estimate of drug-likeness (QED) is 0.845. The molecule has 1 aliphatic heterocycles. The van der Waals surface area contributed by atoms with Gasteiger partial charge in [0.15, 0.2) is 0 Å². The van der Waals surface area contributed by atoms with Crippen LogP contribution in [-0.4, -0.2) is 12.2 Å². The number of hydrogen-bond donors (Lipinski definition) is 1. The molecular formula is C13H14ClNOS. The van der Waals surface area contributed by atoms with Gasteiger partial charge in [0.2, 0.25) is 5.06 Å². The van der Waals surface area contributed by atoms with Crippen LogP contribution < -0.4 is 5.32 Å². The van der Waals surface area contributed by atoms with Crippen molar-refractivity contribution in [2.24, 2.45) is 0 Å². The molecule has 0 fully saturated rings.